The molecule has 3 heterocycles. The van der Waals surface area contributed by atoms with Gasteiger partial charge in [0.1, 0.15) is 11.6 Å². The van der Waals surface area contributed by atoms with Gasteiger partial charge >= 0.3 is 0 Å². The fourth-order valence-electron chi connectivity index (χ4n) is 4.65. The second-order valence-electron chi connectivity index (χ2n) is 10.8. The number of rotatable bonds is 13. The normalized spacial score (nSPS) is 13.9. The lowest BCUT2D eigenvalue weighted by atomic mass is 9.98. The number of aryl methyl sites for hydroxylation is 2. The molecule has 0 amide bonds. The van der Waals surface area contributed by atoms with Crippen molar-refractivity contribution in [3.05, 3.63) is 68.8 Å². The second-order valence-corrected chi connectivity index (χ2v) is 10.8. The van der Waals surface area contributed by atoms with Gasteiger partial charge in [0.05, 0.1) is 12.2 Å². The van der Waals surface area contributed by atoms with E-state index >= 15 is 0 Å². The largest absolute Gasteiger partial charge is 0.381 e. The lowest BCUT2D eigenvalue weighted by molar-refractivity contribution is -0.120. The molecular formula is C30H43N7O2. The van der Waals surface area contributed by atoms with Crippen LogP contribution in [0, 0.1) is 19.3 Å². The van der Waals surface area contributed by atoms with Crippen LogP contribution in [-0.2, 0) is 11.3 Å². The molecule has 0 aromatic carbocycles. The van der Waals surface area contributed by atoms with E-state index in [0.29, 0.717) is 48.7 Å². The molecule has 0 unspecified atom stereocenters. The molecule has 0 bridgehead atoms. The smallest absolute Gasteiger partial charge is 0.253 e. The van der Waals surface area contributed by atoms with E-state index in [1.807, 2.05) is 58.8 Å². The Labute approximate surface area is 231 Å². The average Bonchev–Trinajstić information content (AvgIpc) is 2.86. The van der Waals surface area contributed by atoms with Crippen LogP contribution in [0.15, 0.2) is 29.6 Å². The summed E-state index contributed by atoms with van der Waals surface area (Å²) >= 11 is 0. The summed E-state index contributed by atoms with van der Waals surface area (Å²) < 4.78 is 0. The molecule has 9 heteroatoms. The summed E-state index contributed by atoms with van der Waals surface area (Å²) in [5.74, 6) is 0.881. The Balaban J connectivity index is 1.85. The summed E-state index contributed by atoms with van der Waals surface area (Å²) in [4.78, 5) is 36.8. The van der Waals surface area contributed by atoms with Gasteiger partial charge in [0, 0.05) is 72.9 Å². The van der Waals surface area contributed by atoms with Crippen molar-refractivity contribution in [2.24, 2.45) is 0 Å². The quantitative estimate of drug-likeness (QED) is 0.291. The molecular weight excluding hydrogens is 490 g/mol. The molecule has 2 aromatic heterocycles. The number of hydrogen-bond donors (Lipinski definition) is 4. The standard InChI is InChI=1S/C30H43N7O2/c1-19(2)33-29-26(16-31)25(22(5)32-17-27-20(3)14-21(4)34-30(27)39)15-28(35-29)23-8-12-37(13-9-23)18-24(38)10-11-36(6)7/h8,14-16,19,31-32H,5,9-13,17-18H2,1-4,6-7H3,(H,33,35)(H,34,39). The molecule has 1 aliphatic heterocycles. The molecule has 0 fully saturated rings. The fourth-order valence-corrected chi connectivity index (χ4v) is 4.65. The van der Waals surface area contributed by atoms with Gasteiger partial charge in [0.2, 0.25) is 0 Å². The van der Waals surface area contributed by atoms with Crippen LogP contribution in [0.1, 0.15) is 60.3 Å². The lowest BCUT2D eigenvalue weighted by Crippen LogP contribution is -2.34. The highest BCUT2D eigenvalue weighted by molar-refractivity contribution is 5.93. The molecule has 1 aliphatic rings. The number of anilines is 1. The van der Waals surface area contributed by atoms with Crippen molar-refractivity contribution in [1.82, 2.24) is 25.1 Å². The lowest BCUT2D eigenvalue weighted by Gasteiger charge is -2.26. The van der Waals surface area contributed by atoms with Gasteiger partial charge in [-0.05, 0) is 71.5 Å². The van der Waals surface area contributed by atoms with Crippen LogP contribution in [0.4, 0.5) is 5.82 Å². The maximum absolute atomic E-state index is 12.5. The Kier molecular flexibility index (Phi) is 10.4. The molecule has 2 aromatic rings. The summed E-state index contributed by atoms with van der Waals surface area (Å²) in [6.45, 7) is 15.1. The van der Waals surface area contributed by atoms with Crippen molar-refractivity contribution in [2.75, 3.05) is 45.6 Å². The summed E-state index contributed by atoms with van der Waals surface area (Å²) in [7, 11) is 3.95. The van der Waals surface area contributed by atoms with E-state index in [4.69, 9.17) is 10.4 Å². The number of Topliss-reactive ketones (excluding diaryl/α,β-unsaturated/α-hetero) is 1. The molecule has 3 rings (SSSR count). The van der Waals surface area contributed by atoms with Crippen molar-refractivity contribution in [3.8, 4) is 0 Å². The SMILES string of the molecule is C=C(NCc1c(C)cc(C)[nH]c1=O)c1cc(C2=CCN(CC(=O)CCN(C)C)CC2)nc(NC(C)C)c1C=N. The van der Waals surface area contributed by atoms with Crippen LogP contribution < -0.4 is 16.2 Å². The molecule has 4 N–H and O–H groups in total. The number of nitrogens with one attached hydrogen (secondary N) is 4. The van der Waals surface area contributed by atoms with Crippen molar-refractivity contribution in [3.63, 3.8) is 0 Å². The molecule has 0 saturated heterocycles. The molecule has 0 radical (unpaired) electrons. The number of aromatic amines is 1. The van der Waals surface area contributed by atoms with Gasteiger partial charge in [-0.3, -0.25) is 14.5 Å². The number of nitrogens with zero attached hydrogens (tertiary/aromatic N) is 3. The van der Waals surface area contributed by atoms with Gasteiger partial charge in [-0.15, -0.1) is 0 Å². The van der Waals surface area contributed by atoms with Crippen LogP contribution in [0.5, 0.6) is 0 Å². The minimum absolute atomic E-state index is 0.116. The predicted octanol–water partition coefficient (Wildman–Crippen LogP) is 3.58. The Hall–Kier alpha value is -3.56. The Morgan fingerprint density at radius 1 is 1.31 bits per heavy atom. The number of hydrogen-bond acceptors (Lipinski definition) is 8. The van der Waals surface area contributed by atoms with Gasteiger partial charge in [-0.2, -0.15) is 0 Å². The Morgan fingerprint density at radius 2 is 2.05 bits per heavy atom. The third-order valence-electron chi connectivity index (χ3n) is 6.79. The first kappa shape index (κ1) is 30.0. The zero-order valence-electron chi connectivity index (χ0n) is 24.2. The van der Waals surface area contributed by atoms with Crippen molar-refractivity contribution in [2.45, 2.75) is 53.1 Å². The van der Waals surface area contributed by atoms with Crippen molar-refractivity contribution < 1.29 is 4.79 Å². The highest BCUT2D eigenvalue weighted by Gasteiger charge is 2.20. The maximum Gasteiger partial charge on any atom is 0.253 e. The summed E-state index contributed by atoms with van der Waals surface area (Å²) in [6.07, 6.45) is 4.77. The third-order valence-corrected chi connectivity index (χ3v) is 6.79. The second kappa shape index (κ2) is 13.5. The van der Waals surface area contributed by atoms with Gasteiger partial charge < -0.3 is 25.9 Å². The number of aromatic nitrogens is 2. The van der Waals surface area contributed by atoms with Crippen molar-refractivity contribution in [1.29, 1.82) is 5.41 Å². The van der Waals surface area contributed by atoms with Crippen LogP contribution in [0.3, 0.4) is 0 Å². The number of H-pyrrole nitrogens is 1. The first-order chi connectivity index (χ1) is 18.5. The monoisotopic (exact) mass is 533 g/mol. The fraction of sp³-hybridized carbons (Fsp3) is 0.467. The van der Waals surface area contributed by atoms with E-state index in [-0.39, 0.29) is 17.4 Å². The number of carbonyl (C=O) groups is 1. The van der Waals surface area contributed by atoms with Gasteiger partial charge in [0.25, 0.3) is 5.56 Å². The number of pyridine rings is 2. The van der Waals surface area contributed by atoms with E-state index in [1.165, 1.54) is 6.21 Å². The predicted molar refractivity (Wildman–Crippen MR) is 161 cm³/mol. The highest BCUT2D eigenvalue weighted by atomic mass is 16.1. The number of carbonyl (C=O) groups excluding carboxylic acids is 1. The Morgan fingerprint density at radius 3 is 2.64 bits per heavy atom. The van der Waals surface area contributed by atoms with E-state index in [1.54, 1.807) is 0 Å². The third kappa shape index (κ3) is 8.21. The minimum atomic E-state index is -0.116. The molecule has 0 saturated carbocycles. The molecule has 0 atom stereocenters. The molecule has 39 heavy (non-hydrogen) atoms. The first-order valence-corrected chi connectivity index (χ1v) is 13.5. The van der Waals surface area contributed by atoms with Crippen LogP contribution in [-0.4, -0.2) is 78.1 Å². The highest BCUT2D eigenvalue weighted by Crippen LogP contribution is 2.29. The zero-order valence-corrected chi connectivity index (χ0v) is 24.2. The summed E-state index contributed by atoms with van der Waals surface area (Å²) in [5.41, 5.74) is 6.24. The van der Waals surface area contributed by atoms with Gasteiger partial charge in [0.15, 0.2) is 0 Å². The average molecular weight is 534 g/mol. The summed E-state index contributed by atoms with van der Waals surface area (Å²) in [5, 5.41) is 14.8. The number of ketones is 1. The van der Waals surface area contributed by atoms with E-state index < -0.39 is 0 Å². The van der Waals surface area contributed by atoms with Crippen LogP contribution in [0.25, 0.3) is 11.3 Å². The topological polar surface area (TPSA) is 117 Å². The van der Waals surface area contributed by atoms with Gasteiger partial charge in [-0.25, -0.2) is 4.98 Å². The minimum Gasteiger partial charge on any atom is -0.381 e. The Bertz CT molecular complexity index is 1310. The van der Waals surface area contributed by atoms with E-state index in [9.17, 15) is 9.59 Å². The molecule has 210 valence electrons. The van der Waals surface area contributed by atoms with Crippen molar-refractivity contribution >= 4 is 29.1 Å². The van der Waals surface area contributed by atoms with Crippen LogP contribution >= 0.6 is 0 Å². The molecule has 9 nitrogen and oxygen atoms in total. The molecule has 0 aliphatic carbocycles. The first-order valence-electron chi connectivity index (χ1n) is 13.5. The van der Waals surface area contributed by atoms with E-state index in [0.717, 1.165) is 47.6 Å². The van der Waals surface area contributed by atoms with E-state index in [2.05, 4.69) is 33.2 Å². The summed E-state index contributed by atoms with van der Waals surface area (Å²) in [6, 6.07) is 4.05. The zero-order chi connectivity index (χ0) is 28.7. The molecule has 0 spiro atoms. The van der Waals surface area contributed by atoms with Crippen LogP contribution in [0.2, 0.25) is 0 Å². The maximum atomic E-state index is 12.5. The van der Waals surface area contributed by atoms with Gasteiger partial charge in [-0.1, -0.05) is 12.7 Å².